The number of nitriles is 1. The fraction of sp³-hybridized carbons (Fsp3) is 0.238. The number of nitrogens with zero attached hydrogens (tertiary/aromatic N) is 2. The van der Waals surface area contributed by atoms with Crippen LogP contribution in [0.2, 0.25) is 0 Å². The number of allylic oxidation sites excluding steroid dienone is 1. The first-order valence-corrected chi connectivity index (χ1v) is 9.21. The van der Waals surface area contributed by atoms with E-state index in [0.29, 0.717) is 16.8 Å². The van der Waals surface area contributed by atoms with Crippen LogP contribution in [0, 0.1) is 11.3 Å². The molecule has 2 N–H and O–H groups in total. The zero-order chi connectivity index (χ0) is 21.3. The van der Waals surface area contributed by atoms with Gasteiger partial charge in [0.2, 0.25) is 0 Å². The molecule has 0 aliphatic carbocycles. The van der Waals surface area contributed by atoms with Crippen molar-refractivity contribution in [2.75, 3.05) is 4.90 Å². The summed E-state index contributed by atoms with van der Waals surface area (Å²) in [5, 5.41) is 22.7. The first-order chi connectivity index (χ1) is 13.6. The summed E-state index contributed by atoms with van der Waals surface area (Å²) in [4.78, 5) is 1.49. The number of aliphatic hydroxyl groups excluding tert-OH is 1. The fourth-order valence-electron chi connectivity index (χ4n) is 3.44. The summed E-state index contributed by atoms with van der Waals surface area (Å²) < 4.78 is 39.4. The van der Waals surface area contributed by atoms with Crippen LogP contribution in [0.1, 0.15) is 36.6 Å². The molecule has 0 amide bonds. The smallest absolute Gasteiger partial charge is 0.389 e. The predicted molar refractivity (Wildman–Crippen MR) is 108 cm³/mol. The average molecular weight is 417 g/mol. The second-order valence-electron chi connectivity index (χ2n) is 6.72. The molecule has 2 aromatic carbocycles. The van der Waals surface area contributed by atoms with E-state index in [4.69, 9.17) is 17.5 Å². The Morgan fingerprint density at radius 1 is 1.21 bits per heavy atom. The Morgan fingerprint density at radius 2 is 1.86 bits per heavy atom. The monoisotopic (exact) mass is 417 g/mol. The SMILES string of the molecule is CC1=C(C(C)O)C(c2ccc(C#N)cc2)NC(=S)N1c1cccc(C(F)(F)F)c1. The summed E-state index contributed by atoms with van der Waals surface area (Å²) >= 11 is 5.45. The number of nitrogens with one attached hydrogen (secondary N) is 1. The summed E-state index contributed by atoms with van der Waals surface area (Å²) in [6.07, 6.45) is -5.35. The summed E-state index contributed by atoms with van der Waals surface area (Å²) in [5.41, 5.74) is 1.89. The Bertz CT molecular complexity index is 1010. The lowest BCUT2D eigenvalue weighted by molar-refractivity contribution is -0.137. The van der Waals surface area contributed by atoms with Crippen molar-refractivity contribution in [2.24, 2.45) is 0 Å². The lowest BCUT2D eigenvalue weighted by Crippen LogP contribution is -2.48. The van der Waals surface area contributed by atoms with E-state index >= 15 is 0 Å². The maximum absolute atomic E-state index is 13.1. The zero-order valence-electron chi connectivity index (χ0n) is 15.7. The van der Waals surface area contributed by atoms with Gasteiger partial charge >= 0.3 is 6.18 Å². The lowest BCUT2D eigenvalue weighted by atomic mass is 9.91. The van der Waals surface area contributed by atoms with Crippen molar-refractivity contribution < 1.29 is 18.3 Å². The molecule has 0 bridgehead atoms. The van der Waals surface area contributed by atoms with Crippen LogP contribution in [0.5, 0.6) is 0 Å². The van der Waals surface area contributed by atoms with E-state index in [1.54, 1.807) is 38.1 Å². The largest absolute Gasteiger partial charge is 0.416 e. The highest BCUT2D eigenvalue weighted by Crippen LogP contribution is 2.37. The van der Waals surface area contributed by atoms with E-state index in [9.17, 15) is 18.3 Å². The van der Waals surface area contributed by atoms with Crippen molar-refractivity contribution in [3.63, 3.8) is 0 Å². The van der Waals surface area contributed by atoms with Crippen molar-refractivity contribution >= 4 is 23.0 Å². The van der Waals surface area contributed by atoms with Crippen LogP contribution in [-0.4, -0.2) is 16.3 Å². The van der Waals surface area contributed by atoms with Gasteiger partial charge in [-0.2, -0.15) is 18.4 Å². The Hall–Kier alpha value is -2.89. The molecule has 0 spiro atoms. The highest BCUT2D eigenvalue weighted by Gasteiger charge is 2.35. The molecule has 1 aliphatic heterocycles. The third-order valence-electron chi connectivity index (χ3n) is 4.79. The Kier molecular flexibility index (Phi) is 5.64. The van der Waals surface area contributed by atoms with Crippen LogP contribution in [0.3, 0.4) is 0 Å². The third-order valence-corrected chi connectivity index (χ3v) is 5.09. The number of rotatable bonds is 3. The maximum atomic E-state index is 13.1. The molecule has 3 rings (SSSR count). The first-order valence-electron chi connectivity index (χ1n) is 8.80. The van der Waals surface area contributed by atoms with Gasteiger partial charge in [0.1, 0.15) is 0 Å². The van der Waals surface area contributed by atoms with Gasteiger partial charge in [-0.1, -0.05) is 18.2 Å². The van der Waals surface area contributed by atoms with Gasteiger partial charge in [0, 0.05) is 17.0 Å². The van der Waals surface area contributed by atoms with Crippen molar-refractivity contribution in [2.45, 2.75) is 32.2 Å². The van der Waals surface area contributed by atoms with Crippen molar-refractivity contribution in [1.82, 2.24) is 5.32 Å². The summed E-state index contributed by atoms with van der Waals surface area (Å²) in [6.45, 7) is 3.31. The van der Waals surface area contributed by atoms with Crippen LogP contribution in [-0.2, 0) is 6.18 Å². The molecule has 0 radical (unpaired) electrons. The molecule has 1 heterocycles. The van der Waals surface area contributed by atoms with E-state index in [1.807, 2.05) is 6.07 Å². The summed E-state index contributed by atoms with van der Waals surface area (Å²) in [7, 11) is 0. The number of aliphatic hydroxyl groups is 1. The summed E-state index contributed by atoms with van der Waals surface area (Å²) in [5.74, 6) is 0. The van der Waals surface area contributed by atoms with E-state index in [0.717, 1.165) is 17.7 Å². The standard InChI is InChI=1S/C21H18F3N3OS/c1-12-18(13(2)28)19(15-8-6-14(11-25)7-9-15)26-20(29)27(12)17-5-3-4-16(10-17)21(22,23)24/h3-10,13,19,28H,1-2H3,(H,26,29). The maximum Gasteiger partial charge on any atom is 0.416 e. The molecular weight excluding hydrogens is 399 g/mol. The number of hydrogen-bond acceptors (Lipinski definition) is 3. The third kappa shape index (κ3) is 4.11. The number of thiocarbonyl (C=S) groups is 1. The van der Waals surface area contributed by atoms with Crippen LogP contribution < -0.4 is 10.2 Å². The Morgan fingerprint density at radius 3 is 2.41 bits per heavy atom. The second kappa shape index (κ2) is 7.85. The highest BCUT2D eigenvalue weighted by atomic mass is 32.1. The molecule has 29 heavy (non-hydrogen) atoms. The minimum absolute atomic E-state index is 0.223. The van der Waals surface area contributed by atoms with Crippen molar-refractivity contribution in [3.8, 4) is 6.07 Å². The molecule has 1 aliphatic rings. The van der Waals surface area contributed by atoms with E-state index in [2.05, 4.69) is 5.32 Å². The molecule has 2 aromatic rings. The van der Waals surface area contributed by atoms with Crippen LogP contribution >= 0.6 is 12.2 Å². The lowest BCUT2D eigenvalue weighted by Gasteiger charge is -2.39. The number of benzene rings is 2. The van der Waals surface area contributed by atoms with Crippen LogP contribution in [0.15, 0.2) is 59.8 Å². The number of halogens is 3. The molecule has 0 aromatic heterocycles. The van der Waals surface area contributed by atoms with Gasteiger partial charge in [0.25, 0.3) is 0 Å². The van der Waals surface area contributed by atoms with Gasteiger partial charge in [-0.15, -0.1) is 0 Å². The minimum atomic E-state index is -4.48. The first kappa shape index (κ1) is 20.8. The number of alkyl halides is 3. The Labute approximate surface area is 171 Å². The van der Waals surface area contributed by atoms with Gasteiger partial charge < -0.3 is 10.4 Å². The zero-order valence-corrected chi connectivity index (χ0v) is 16.5. The molecular formula is C21H18F3N3OS. The van der Waals surface area contributed by atoms with Crippen molar-refractivity contribution in [1.29, 1.82) is 5.26 Å². The van der Waals surface area contributed by atoms with E-state index < -0.39 is 23.9 Å². The minimum Gasteiger partial charge on any atom is -0.389 e. The highest BCUT2D eigenvalue weighted by molar-refractivity contribution is 7.80. The molecule has 0 saturated carbocycles. The molecule has 8 heteroatoms. The number of hydrogen-bond donors (Lipinski definition) is 2. The van der Waals surface area contributed by atoms with Crippen LogP contribution in [0.4, 0.5) is 18.9 Å². The van der Waals surface area contributed by atoms with E-state index in [1.165, 1.54) is 17.0 Å². The van der Waals surface area contributed by atoms with Gasteiger partial charge in [0.05, 0.1) is 29.3 Å². The fourth-order valence-corrected chi connectivity index (χ4v) is 3.81. The number of anilines is 1. The second-order valence-corrected chi connectivity index (χ2v) is 7.10. The molecule has 2 atom stereocenters. The molecule has 0 saturated heterocycles. The molecule has 150 valence electrons. The molecule has 2 unspecified atom stereocenters. The van der Waals surface area contributed by atoms with E-state index in [-0.39, 0.29) is 10.8 Å². The normalized spacial score (nSPS) is 18.3. The Balaban J connectivity index is 2.09. The molecule has 4 nitrogen and oxygen atoms in total. The van der Waals surface area contributed by atoms with Gasteiger partial charge in [-0.25, -0.2) is 0 Å². The average Bonchev–Trinajstić information content (AvgIpc) is 2.67. The summed E-state index contributed by atoms with van der Waals surface area (Å²) in [6, 6.07) is 13.3. The van der Waals surface area contributed by atoms with Gasteiger partial charge in [0.15, 0.2) is 5.11 Å². The topological polar surface area (TPSA) is 59.3 Å². The quantitative estimate of drug-likeness (QED) is 0.711. The van der Waals surface area contributed by atoms with Gasteiger partial charge in [-0.3, -0.25) is 4.90 Å². The molecule has 0 fully saturated rings. The van der Waals surface area contributed by atoms with Crippen molar-refractivity contribution in [3.05, 3.63) is 76.5 Å². The van der Waals surface area contributed by atoms with Gasteiger partial charge in [-0.05, 0) is 62.0 Å². The van der Waals surface area contributed by atoms with Crippen LogP contribution in [0.25, 0.3) is 0 Å². The predicted octanol–water partition coefficient (Wildman–Crippen LogP) is 4.67.